The number of carbonyl (C=O) groups excluding carboxylic acids is 2. The highest BCUT2D eigenvalue weighted by Gasteiger charge is 2.27. The lowest BCUT2D eigenvalue weighted by molar-refractivity contribution is -0.116. The molecule has 2 aromatic rings. The number of rotatable bonds is 8. The fourth-order valence-electron chi connectivity index (χ4n) is 3.31. The van der Waals surface area contributed by atoms with Gasteiger partial charge in [0.2, 0.25) is 15.9 Å². The summed E-state index contributed by atoms with van der Waals surface area (Å²) in [5.41, 5.74) is 1.49. The molecular weight excluding hydrogens is 456 g/mol. The van der Waals surface area contributed by atoms with Crippen LogP contribution < -0.4 is 10.1 Å². The molecule has 0 atom stereocenters. The number of morpholine rings is 1. The van der Waals surface area contributed by atoms with Crippen LogP contribution in [0.1, 0.15) is 28.8 Å². The molecule has 1 fully saturated rings. The molecule has 1 saturated heterocycles. The number of halogens is 1. The van der Waals surface area contributed by atoms with Crippen molar-refractivity contribution < 1.29 is 27.5 Å². The van der Waals surface area contributed by atoms with E-state index in [0.717, 1.165) is 5.56 Å². The summed E-state index contributed by atoms with van der Waals surface area (Å²) >= 11 is 6.17. The molecule has 0 spiro atoms. The van der Waals surface area contributed by atoms with Crippen molar-refractivity contribution in [2.24, 2.45) is 0 Å². The molecule has 32 heavy (non-hydrogen) atoms. The molecule has 172 valence electrons. The molecule has 8 nitrogen and oxygen atoms in total. The standard InChI is InChI=1S/C22H25ClN2O6S/c1-15-3-7-21(30-2)17(13-15)20(26)6-8-22(27)24-19-14-16(4-5-18(19)23)32(28,29)25-9-11-31-12-10-25/h3-5,7,13-14H,6,8-12H2,1-2H3,(H,24,27). The number of anilines is 1. The van der Waals surface area contributed by atoms with Gasteiger partial charge in [0.1, 0.15) is 5.75 Å². The van der Waals surface area contributed by atoms with Gasteiger partial charge in [-0.1, -0.05) is 23.2 Å². The largest absolute Gasteiger partial charge is 0.496 e. The number of Topliss-reactive ketones (excluding diaryl/α,β-unsaturated/α-hetero) is 1. The maximum Gasteiger partial charge on any atom is 0.243 e. The molecular formula is C22H25ClN2O6S. The maximum absolute atomic E-state index is 12.9. The summed E-state index contributed by atoms with van der Waals surface area (Å²) in [7, 11) is -2.25. The zero-order valence-electron chi connectivity index (χ0n) is 17.9. The number of carbonyl (C=O) groups is 2. The van der Waals surface area contributed by atoms with Gasteiger partial charge in [0.05, 0.1) is 41.5 Å². The van der Waals surface area contributed by atoms with Gasteiger partial charge < -0.3 is 14.8 Å². The third kappa shape index (κ3) is 5.66. The van der Waals surface area contributed by atoms with E-state index in [1.807, 2.05) is 13.0 Å². The number of ether oxygens (including phenoxy) is 2. The van der Waals surface area contributed by atoms with Crippen molar-refractivity contribution in [3.8, 4) is 5.75 Å². The molecule has 1 heterocycles. The van der Waals surface area contributed by atoms with E-state index in [1.54, 1.807) is 12.1 Å². The fraction of sp³-hybridized carbons (Fsp3) is 0.364. The summed E-state index contributed by atoms with van der Waals surface area (Å²) in [6.45, 7) is 3.05. The molecule has 3 rings (SSSR count). The van der Waals surface area contributed by atoms with Crippen LogP contribution in [0.25, 0.3) is 0 Å². The Morgan fingerprint density at radius 3 is 2.53 bits per heavy atom. The Morgan fingerprint density at radius 1 is 1.12 bits per heavy atom. The van der Waals surface area contributed by atoms with Crippen LogP contribution in [0, 0.1) is 6.92 Å². The minimum Gasteiger partial charge on any atom is -0.496 e. The molecule has 0 saturated carbocycles. The first kappa shape index (κ1) is 24.2. The number of hydrogen-bond acceptors (Lipinski definition) is 6. The average molecular weight is 481 g/mol. The minimum atomic E-state index is -3.74. The first-order chi connectivity index (χ1) is 15.2. The van der Waals surface area contributed by atoms with E-state index in [4.69, 9.17) is 21.1 Å². The van der Waals surface area contributed by atoms with Gasteiger partial charge in [0, 0.05) is 25.9 Å². The molecule has 1 amide bonds. The lowest BCUT2D eigenvalue weighted by Crippen LogP contribution is -2.40. The SMILES string of the molecule is COc1ccc(C)cc1C(=O)CCC(=O)Nc1cc(S(=O)(=O)N2CCOCC2)ccc1Cl. The van der Waals surface area contributed by atoms with Crippen LogP contribution >= 0.6 is 11.6 Å². The number of amides is 1. The second kappa shape index (κ2) is 10.4. The minimum absolute atomic E-state index is 0.0275. The van der Waals surface area contributed by atoms with Gasteiger partial charge in [-0.15, -0.1) is 0 Å². The van der Waals surface area contributed by atoms with Gasteiger partial charge in [-0.2, -0.15) is 4.31 Å². The summed E-state index contributed by atoms with van der Waals surface area (Å²) < 4.78 is 37.5. The molecule has 1 N–H and O–H groups in total. The van der Waals surface area contributed by atoms with Gasteiger partial charge in [-0.25, -0.2) is 8.42 Å². The molecule has 0 aliphatic carbocycles. The molecule has 10 heteroatoms. The van der Waals surface area contributed by atoms with Gasteiger partial charge in [-0.05, 0) is 37.3 Å². The predicted molar refractivity (Wildman–Crippen MR) is 121 cm³/mol. The van der Waals surface area contributed by atoms with Crippen LogP contribution in [0.2, 0.25) is 5.02 Å². The second-order valence-corrected chi connectivity index (χ2v) is 9.68. The summed E-state index contributed by atoms with van der Waals surface area (Å²) in [6.07, 6.45) is -0.123. The topological polar surface area (TPSA) is 102 Å². The number of sulfonamides is 1. The lowest BCUT2D eigenvalue weighted by atomic mass is 10.0. The molecule has 0 bridgehead atoms. The zero-order valence-corrected chi connectivity index (χ0v) is 19.5. The zero-order chi connectivity index (χ0) is 23.3. The van der Waals surface area contributed by atoms with Crippen molar-refractivity contribution >= 4 is 39.0 Å². The molecule has 2 aromatic carbocycles. The van der Waals surface area contributed by atoms with Gasteiger partial charge in [-0.3, -0.25) is 9.59 Å². The van der Waals surface area contributed by atoms with E-state index in [-0.39, 0.29) is 47.3 Å². The third-order valence-corrected chi connectivity index (χ3v) is 7.28. The van der Waals surface area contributed by atoms with Crippen LogP contribution in [0.3, 0.4) is 0 Å². The first-order valence-electron chi connectivity index (χ1n) is 10.1. The van der Waals surface area contributed by atoms with E-state index in [2.05, 4.69) is 5.32 Å². The molecule has 0 aromatic heterocycles. The Labute approximate surface area is 192 Å². The molecule has 1 aliphatic rings. The molecule has 0 unspecified atom stereocenters. The Morgan fingerprint density at radius 2 is 1.84 bits per heavy atom. The van der Waals surface area contributed by atoms with Crippen molar-refractivity contribution in [3.05, 3.63) is 52.5 Å². The number of hydrogen-bond donors (Lipinski definition) is 1. The summed E-state index contributed by atoms with van der Waals surface area (Å²) in [5.74, 6) is -0.228. The third-order valence-electron chi connectivity index (χ3n) is 5.05. The average Bonchev–Trinajstić information content (AvgIpc) is 2.79. The van der Waals surface area contributed by atoms with Gasteiger partial charge in [0.15, 0.2) is 5.78 Å². The number of nitrogens with zero attached hydrogens (tertiary/aromatic N) is 1. The summed E-state index contributed by atoms with van der Waals surface area (Å²) in [6, 6.07) is 9.42. The normalized spacial score (nSPS) is 14.7. The first-order valence-corrected chi connectivity index (χ1v) is 11.9. The number of aryl methyl sites for hydroxylation is 1. The van der Waals surface area contributed by atoms with E-state index < -0.39 is 15.9 Å². The van der Waals surface area contributed by atoms with Crippen LogP contribution in [0.15, 0.2) is 41.3 Å². The summed E-state index contributed by atoms with van der Waals surface area (Å²) in [5, 5.41) is 2.81. The highest BCUT2D eigenvalue weighted by molar-refractivity contribution is 7.89. The predicted octanol–water partition coefficient (Wildman–Crippen LogP) is 3.28. The quantitative estimate of drug-likeness (QED) is 0.582. The Bertz CT molecular complexity index is 1110. The molecule has 0 radical (unpaired) electrons. The monoisotopic (exact) mass is 480 g/mol. The molecule has 1 aliphatic heterocycles. The number of nitrogens with one attached hydrogen (secondary N) is 1. The van der Waals surface area contributed by atoms with E-state index >= 15 is 0 Å². The Hall–Kier alpha value is -2.46. The lowest BCUT2D eigenvalue weighted by Gasteiger charge is -2.26. The van der Waals surface area contributed by atoms with E-state index in [1.165, 1.54) is 29.6 Å². The fourth-order valence-corrected chi connectivity index (χ4v) is 4.91. The van der Waals surface area contributed by atoms with E-state index in [0.29, 0.717) is 24.5 Å². The van der Waals surface area contributed by atoms with Crippen molar-refractivity contribution in [3.63, 3.8) is 0 Å². The van der Waals surface area contributed by atoms with Crippen LogP contribution in [-0.4, -0.2) is 57.8 Å². The number of methoxy groups -OCH3 is 1. The Kier molecular flexibility index (Phi) is 7.89. The second-order valence-electron chi connectivity index (χ2n) is 7.33. The number of benzene rings is 2. The van der Waals surface area contributed by atoms with Crippen LogP contribution in [0.4, 0.5) is 5.69 Å². The van der Waals surface area contributed by atoms with Crippen LogP contribution in [0.5, 0.6) is 5.75 Å². The smallest absolute Gasteiger partial charge is 0.243 e. The van der Waals surface area contributed by atoms with Gasteiger partial charge >= 0.3 is 0 Å². The van der Waals surface area contributed by atoms with Crippen LogP contribution in [-0.2, 0) is 19.6 Å². The highest BCUT2D eigenvalue weighted by atomic mass is 35.5. The van der Waals surface area contributed by atoms with Crippen molar-refractivity contribution in [2.75, 3.05) is 38.7 Å². The van der Waals surface area contributed by atoms with Crippen molar-refractivity contribution in [1.82, 2.24) is 4.31 Å². The van der Waals surface area contributed by atoms with Crippen molar-refractivity contribution in [1.29, 1.82) is 0 Å². The summed E-state index contributed by atoms with van der Waals surface area (Å²) in [4.78, 5) is 25.1. The number of ketones is 1. The highest BCUT2D eigenvalue weighted by Crippen LogP contribution is 2.28. The maximum atomic E-state index is 12.9. The van der Waals surface area contributed by atoms with Gasteiger partial charge in [0.25, 0.3) is 0 Å². The van der Waals surface area contributed by atoms with E-state index in [9.17, 15) is 18.0 Å². The van der Waals surface area contributed by atoms with Crippen molar-refractivity contribution in [2.45, 2.75) is 24.7 Å². The Balaban J connectivity index is 1.68.